The summed E-state index contributed by atoms with van der Waals surface area (Å²) in [5.74, 6) is 0.831. The lowest BCUT2D eigenvalue weighted by molar-refractivity contribution is 0.475. The third-order valence-electron chi connectivity index (χ3n) is 4.16. The summed E-state index contributed by atoms with van der Waals surface area (Å²) < 4.78 is 0. The molecule has 5 heteroatoms. The number of rotatable bonds is 3. The van der Waals surface area contributed by atoms with E-state index >= 15 is 0 Å². The van der Waals surface area contributed by atoms with Gasteiger partial charge in [0, 0.05) is 10.4 Å². The van der Waals surface area contributed by atoms with Gasteiger partial charge in [-0.3, -0.25) is 4.79 Å². The molecule has 25 heavy (non-hydrogen) atoms. The highest BCUT2D eigenvalue weighted by atomic mass is 32.1. The van der Waals surface area contributed by atoms with Crippen LogP contribution in [0.3, 0.4) is 0 Å². The summed E-state index contributed by atoms with van der Waals surface area (Å²) in [6.07, 6.45) is 0.900. The second kappa shape index (κ2) is 6.18. The Bertz CT molecular complexity index is 1090. The van der Waals surface area contributed by atoms with E-state index in [1.807, 2.05) is 42.5 Å². The molecule has 0 unspecified atom stereocenters. The first-order valence-electron chi connectivity index (χ1n) is 8.06. The van der Waals surface area contributed by atoms with E-state index in [0.29, 0.717) is 11.2 Å². The molecule has 0 aliphatic heterocycles. The fourth-order valence-corrected chi connectivity index (χ4v) is 3.73. The van der Waals surface area contributed by atoms with Gasteiger partial charge in [-0.2, -0.15) is 0 Å². The number of aromatic hydroxyl groups is 1. The maximum absolute atomic E-state index is 12.3. The first kappa shape index (κ1) is 15.6. The van der Waals surface area contributed by atoms with Gasteiger partial charge in [0.2, 0.25) is 0 Å². The van der Waals surface area contributed by atoms with Crippen LogP contribution >= 0.6 is 11.3 Å². The highest BCUT2D eigenvalue weighted by Crippen LogP contribution is 2.26. The van der Waals surface area contributed by atoms with Crippen LogP contribution in [-0.4, -0.2) is 15.1 Å². The van der Waals surface area contributed by atoms with Crippen molar-refractivity contribution in [1.29, 1.82) is 0 Å². The highest BCUT2D eigenvalue weighted by Gasteiger charge is 2.09. The zero-order valence-electron chi connectivity index (χ0n) is 13.6. The van der Waals surface area contributed by atoms with E-state index in [1.54, 1.807) is 23.5 Å². The minimum Gasteiger partial charge on any atom is -0.508 e. The topological polar surface area (TPSA) is 66.0 Å². The molecule has 2 aromatic carbocycles. The van der Waals surface area contributed by atoms with E-state index in [9.17, 15) is 9.90 Å². The van der Waals surface area contributed by atoms with Crippen LogP contribution in [0.5, 0.6) is 5.75 Å². The molecule has 0 spiro atoms. The minimum absolute atomic E-state index is 0.0986. The normalized spacial score (nSPS) is 11.1. The van der Waals surface area contributed by atoms with Crippen molar-refractivity contribution < 1.29 is 5.11 Å². The Labute approximate surface area is 148 Å². The Morgan fingerprint density at radius 2 is 1.60 bits per heavy atom. The second-order valence-corrected chi connectivity index (χ2v) is 6.94. The van der Waals surface area contributed by atoms with Crippen LogP contribution in [0, 0.1) is 0 Å². The van der Waals surface area contributed by atoms with Crippen LogP contribution in [0.15, 0.2) is 59.4 Å². The Morgan fingerprint density at radius 1 is 1.00 bits per heavy atom. The molecule has 0 radical (unpaired) electrons. The van der Waals surface area contributed by atoms with Crippen LogP contribution in [-0.2, 0) is 6.42 Å². The van der Waals surface area contributed by atoms with Crippen molar-refractivity contribution in [3.63, 3.8) is 0 Å². The second-order valence-electron chi connectivity index (χ2n) is 5.82. The van der Waals surface area contributed by atoms with Gasteiger partial charge >= 0.3 is 0 Å². The lowest BCUT2D eigenvalue weighted by Gasteiger charge is -2.05. The van der Waals surface area contributed by atoms with E-state index in [-0.39, 0.29) is 11.3 Å². The van der Waals surface area contributed by atoms with Crippen molar-refractivity contribution in [2.45, 2.75) is 13.3 Å². The SMILES string of the molecule is CCc1cc2c(=O)[nH]c(-c3ccc(-c4ccc(O)cc4)cc3)nc2s1. The molecule has 0 atom stereocenters. The molecule has 0 saturated heterocycles. The third kappa shape index (κ3) is 2.94. The molecule has 2 heterocycles. The van der Waals surface area contributed by atoms with Crippen molar-refractivity contribution in [3.05, 3.63) is 69.8 Å². The molecule has 0 saturated carbocycles. The van der Waals surface area contributed by atoms with Crippen molar-refractivity contribution in [2.24, 2.45) is 0 Å². The number of aryl methyl sites for hydroxylation is 1. The molecule has 2 N–H and O–H groups in total. The number of hydrogen-bond donors (Lipinski definition) is 2. The molecule has 0 bridgehead atoms. The fraction of sp³-hybridized carbons (Fsp3) is 0.100. The van der Waals surface area contributed by atoms with Gasteiger partial charge in [0.15, 0.2) is 0 Å². The van der Waals surface area contributed by atoms with Gasteiger partial charge in [0.25, 0.3) is 5.56 Å². The Morgan fingerprint density at radius 3 is 2.24 bits per heavy atom. The zero-order valence-corrected chi connectivity index (χ0v) is 14.4. The minimum atomic E-state index is -0.0986. The number of phenols is 1. The summed E-state index contributed by atoms with van der Waals surface area (Å²) in [7, 11) is 0. The van der Waals surface area contributed by atoms with Crippen LogP contribution in [0.2, 0.25) is 0 Å². The van der Waals surface area contributed by atoms with E-state index in [2.05, 4.69) is 16.9 Å². The molecule has 2 aromatic heterocycles. The molecule has 4 aromatic rings. The van der Waals surface area contributed by atoms with Crippen molar-refractivity contribution >= 4 is 21.6 Å². The molecule has 0 fully saturated rings. The van der Waals surface area contributed by atoms with Crippen LogP contribution in [0.1, 0.15) is 11.8 Å². The Hall–Kier alpha value is -2.92. The average molecular weight is 348 g/mol. The number of hydrogen-bond acceptors (Lipinski definition) is 4. The quantitative estimate of drug-likeness (QED) is 0.569. The molecule has 4 nitrogen and oxygen atoms in total. The predicted octanol–water partition coefficient (Wildman–Crippen LogP) is 4.59. The average Bonchev–Trinajstić information content (AvgIpc) is 3.06. The molecule has 124 valence electrons. The molecular weight excluding hydrogens is 332 g/mol. The summed E-state index contributed by atoms with van der Waals surface area (Å²) in [4.78, 5) is 21.7. The maximum Gasteiger partial charge on any atom is 0.259 e. The van der Waals surface area contributed by atoms with Crippen LogP contribution in [0.25, 0.3) is 32.7 Å². The molecular formula is C20H16N2O2S. The number of phenolic OH excluding ortho intramolecular Hbond substituents is 1. The number of thiophene rings is 1. The highest BCUT2D eigenvalue weighted by molar-refractivity contribution is 7.18. The zero-order chi connectivity index (χ0) is 17.4. The van der Waals surface area contributed by atoms with Crippen molar-refractivity contribution in [2.75, 3.05) is 0 Å². The standard InChI is InChI=1S/C20H16N2O2S/c1-2-16-11-17-19(24)21-18(22-20(17)25-16)14-5-3-12(4-6-14)13-7-9-15(23)10-8-13/h3-11,23H,2H2,1H3,(H,21,22,24). The van der Waals surface area contributed by atoms with Gasteiger partial charge in [-0.05, 0) is 35.7 Å². The fourth-order valence-electron chi connectivity index (χ4n) is 2.77. The van der Waals surface area contributed by atoms with Gasteiger partial charge in [-0.1, -0.05) is 43.3 Å². The van der Waals surface area contributed by atoms with Crippen LogP contribution < -0.4 is 5.56 Å². The van der Waals surface area contributed by atoms with Gasteiger partial charge in [0.1, 0.15) is 16.4 Å². The number of benzene rings is 2. The summed E-state index contributed by atoms with van der Waals surface area (Å²) in [6.45, 7) is 2.07. The predicted molar refractivity (Wildman–Crippen MR) is 102 cm³/mol. The Balaban J connectivity index is 1.73. The number of aromatic amines is 1. The summed E-state index contributed by atoms with van der Waals surface area (Å²) in [5, 5.41) is 10.0. The van der Waals surface area contributed by atoms with Crippen molar-refractivity contribution in [1.82, 2.24) is 9.97 Å². The maximum atomic E-state index is 12.3. The molecule has 0 amide bonds. The van der Waals surface area contributed by atoms with Crippen molar-refractivity contribution in [3.8, 4) is 28.3 Å². The molecule has 4 rings (SSSR count). The Kier molecular flexibility index (Phi) is 3.86. The summed E-state index contributed by atoms with van der Waals surface area (Å²) in [5.41, 5.74) is 2.83. The van der Waals surface area contributed by atoms with E-state index in [4.69, 9.17) is 0 Å². The number of fused-ring (bicyclic) bond motifs is 1. The van der Waals surface area contributed by atoms with Gasteiger partial charge in [-0.15, -0.1) is 11.3 Å². The number of nitrogens with one attached hydrogen (secondary N) is 1. The van der Waals surface area contributed by atoms with Gasteiger partial charge in [-0.25, -0.2) is 4.98 Å². The van der Waals surface area contributed by atoms with Crippen LogP contribution in [0.4, 0.5) is 0 Å². The number of nitrogens with zero attached hydrogens (tertiary/aromatic N) is 1. The van der Waals surface area contributed by atoms with Gasteiger partial charge in [0.05, 0.1) is 5.39 Å². The largest absolute Gasteiger partial charge is 0.508 e. The summed E-state index contributed by atoms with van der Waals surface area (Å²) in [6, 6.07) is 16.8. The first-order valence-corrected chi connectivity index (χ1v) is 8.88. The number of H-pyrrole nitrogens is 1. The monoisotopic (exact) mass is 348 g/mol. The lowest BCUT2D eigenvalue weighted by atomic mass is 10.0. The van der Waals surface area contributed by atoms with E-state index in [0.717, 1.165) is 32.8 Å². The van der Waals surface area contributed by atoms with E-state index < -0.39 is 0 Å². The number of aromatic nitrogens is 2. The molecule has 0 aliphatic rings. The third-order valence-corrected chi connectivity index (χ3v) is 5.33. The van der Waals surface area contributed by atoms with Gasteiger partial charge < -0.3 is 10.1 Å². The smallest absolute Gasteiger partial charge is 0.259 e. The first-order chi connectivity index (χ1) is 12.1. The lowest BCUT2D eigenvalue weighted by Crippen LogP contribution is -2.07. The van der Waals surface area contributed by atoms with E-state index in [1.165, 1.54) is 0 Å². The molecule has 0 aliphatic carbocycles. The summed E-state index contributed by atoms with van der Waals surface area (Å²) >= 11 is 1.57.